The number of anilines is 1. The lowest BCUT2D eigenvalue weighted by atomic mass is 10.3. The number of nitrogens with one attached hydrogen (secondary N) is 1. The van der Waals surface area contributed by atoms with Crippen LogP contribution in [0.15, 0.2) is 12.1 Å². The number of sulfonamides is 1. The molecule has 0 saturated carbocycles. The Morgan fingerprint density at radius 1 is 1.25 bits per heavy atom. The molecule has 1 unspecified atom stereocenters. The molecular formula is C12H17Cl2NO4S. The van der Waals surface area contributed by atoms with Crippen LogP contribution in [0.5, 0.6) is 11.5 Å². The quantitative estimate of drug-likeness (QED) is 0.774. The van der Waals surface area contributed by atoms with Gasteiger partial charge < -0.3 is 9.47 Å². The van der Waals surface area contributed by atoms with Crippen LogP contribution in [0.25, 0.3) is 0 Å². The normalized spacial score (nSPS) is 12.8. The van der Waals surface area contributed by atoms with E-state index >= 15 is 0 Å². The smallest absolute Gasteiger partial charge is 0.233 e. The van der Waals surface area contributed by atoms with Gasteiger partial charge in [-0.25, -0.2) is 8.42 Å². The molecule has 0 radical (unpaired) electrons. The first kappa shape index (κ1) is 17.2. The molecule has 0 spiro atoms. The van der Waals surface area contributed by atoms with Crippen LogP contribution in [0, 0.1) is 5.92 Å². The van der Waals surface area contributed by atoms with Gasteiger partial charge >= 0.3 is 0 Å². The van der Waals surface area contributed by atoms with E-state index < -0.39 is 10.0 Å². The molecule has 0 aromatic heterocycles. The van der Waals surface area contributed by atoms with Gasteiger partial charge in [-0.3, -0.25) is 4.72 Å². The van der Waals surface area contributed by atoms with E-state index in [-0.39, 0.29) is 28.3 Å². The molecule has 20 heavy (non-hydrogen) atoms. The zero-order valence-electron chi connectivity index (χ0n) is 11.4. The van der Waals surface area contributed by atoms with Gasteiger partial charge in [0.25, 0.3) is 0 Å². The molecule has 0 fully saturated rings. The van der Waals surface area contributed by atoms with Gasteiger partial charge in [-0.2, -0.15) is 0 Å². The zero-order valence-corrected chi connectivity index (χ0v) is 13.8. The minimum absolute atomic E-state index is 0.0822. The van der Waals surface area contributed by atoms with E-state index in [2.05, 4.69) is 4.72 Å². The van der Waals surface area contributed by atoms with Crippen LogP contribution in [0.4, 0.5) is 5.69 Å². The predicted octanol–water partition coefficient (Wildman–Crippen LogP) is 2.97. The molecule has 114 valence electrons. The molecule has 1 aromatic rings. The van der Waals surface area contributed by atoms with Crippen LogP contribution in [0.1, 0.15) is 6.92 Å². The van der Waals surface area contributed by atoms with Crippen molar-refractivity contribution in [2.75, 3.05) is 30.6 Å². The summed E-state index contributed by atoms with van der Waals surface area (Å²) < 4.78 is 36.6. The number of rotatable bonds is 7. The monoisotopic (exact) mass is 341 g/mol. The fraction of sp³-hybridized carbons (Fsp3) is 0.500. The summed E-state index contributed by atoms with van der Waals surface area (Å²) in [4.78, 5) is 0. The number of alkyl halides is 1. The van der Waals surface area contributed by atoms with Gasteiger partial charge in [-0.15, -0.1) is 11.6 Å². The standard InChI is InChI=1S/C12H17Cl2NO4S/c1-8(6-13)7-20(16,17)15-10-5-12(19-3)11(18-2)4-9(10)14/h4-5,8,15H,6-7H2,1-3H3. The molecule has 0 amide bonds. The Labute approximate surface area is 129 Å². The third-order valence-electron chi connectivity index (χ3n) is 2.51. The Morgan fingerprint density at radius 2 is 1.80 bits per heavy atom. The molecule has 1 N–H and O–H groups in total. The summed E-state index contributed by atoms with van der Waals surface area (Å²) in [5.74, 6) is 0.838. The number of hydrogen-bond acceptors (Lipinski definition) is 4. The van der Waals surface area contributed by atoms with Gasteiger partial charge in [-0.1, -0.05) is 18.5 Å². The first-order valence-electron chi connectivity index (χ1n) is 5.81. The van der Waals surface area contributed by atoms with E-state index in [1.165, 1.54) is 26.4 Å². The highest BCUT2D eigenvalue weighted by atomic mass is 35.5. The lowest BCUT2D eigenvalue weighted by molar-refractivity contribution is 0.355. The lowest BCUT2D eigenvalue weighted by Crippen LogP contribution is -2.22. The number of halogens is 2. The molecule has 1 aromatic carbocycles. The number of benzene rings is 1. The van der Waals surface area contributed by atoms with Crippen molar-refractivity contribution in [1.29, 1.82) is 0 Å². The highest BCUT2D eigenvalue weighted by Gasteiger charge is 2.18. The summed E-state index contributed by atoms with van der Waals surface area (Å²) in [5, 5.41) is 0.227. The summed E-state index contributed by atoms with van der Waals surface area (Å²) >= 11 is 11.6. The average molecular weight is 342 g/mol. The number of ether oxygens (including phenoxy) is 2. The molecule has 8 heteroatoms. The van der Waals surface area contributed by atoms with Crippen LogP contribution in [-0.2, 0) is 10.0 Å². The molecule has 1 atom stereocenters. The Bertz CT molecular complexity index is 563. The Morgan fingerprint density at radius 3 is 2.30 bits per heavy atom. The summed E-state index contributed by atoms with van der Waals surface area (Å²) in [6.45, 7) is 1.75. The minimum Gasteiger partial charge on any atom is -0.493 e. The van der Waals surface area contributed by atoms with Gasteiger partial charge in [-0.05, 0) is 5.92 Å². The van der Waals surface area contributed by atoms with E-state index in [4.69, 9.17) is 32.7 Å². The predicted molar refractivity (Wildman–Crippen MR) is 81.8 cm³/mol. The molecule has 5 nitrogen and oxygen atoms in total. The largest absolute Gasteiger partial charge is 0.493 e. The van der Waals surface area contributed by atoms with Gasteiger partial charge in [0, 0.05) is 18.0 Å². The number of hydrogen-bond donors (Lipinski definition) is 1. The molecule has 0 bridgehead atoms. The van der Waals surface area contributed by atoms with Crippen LogP contribution in [-0.4, -0.2) is 34.3 Å². The fourth-order valence-electron chi connectivity index (χ4n) is 1.56. The van der Waals surface area contributed by atoms with Gasteiger partial charge in [0.15, 0.2) is 11.5 Å². The maximum atomic E-state index is 12.0. The highest BCUT2D eigenvalue weighted by molar-refractivity contribution is 7.92. The first-order valence-corrected chi connectivity index (χ1v) is 8.37. The second kappa shape index (κ2) is 7.24. The van der Waals surface area contributed by atoms with E-state index in [1.54, 1.807) is 6.92 Å². The van der Waals surface area contributed by atoms with Crippen molar-refractivity contribution in [3.8, 4) is 11.5 Å². The van der Waals surface area contributed by atoms with E-state index in [1.807, 2.05) is 0 Å². The summed E-state index contributed by atoms with van der Waals surface area (Å²) in [6, 6.07) is 2.97. The van der Waals surface area contributed by atoms with Gasteiger partial charge in [0.05, 0.1) is 30.7 Å². The minimum atomic E-state index is -3.53. The Kier molecular flexibility index (Phi) is 6.23. The molecule has 0 saturated heterocycles. The maximum absolute atomic E-state index is 12.0. The van der Waals surface area contributed by atoms with Crippen molar-refractivity contribution in [3.63, 3.8) is 0 Å². The van der Waals surface area contributed by atoms with Crippen LogP contribution in [0.3, 0.4) is 0 Å². The fourth-order valence-corrected chi connectivity index (χ4v) is 3.51. The number of methoxy groups -OCH3 is 2. The van der Waals surface area contributed by atoms with Crippen molar-refractivity contribution >= 4 is 38.9 Å². The summed E-state index contributed by atoms with van der Waals surface area (Å²) in [6.07, 6.45) is 0. The first-order chi connectivity index (χ1) is 9.32. The SMILES string of the molecule is COc1cc(Cl)c(NS(=O)(=O)CC(C)CCl)cc1OC. The van der Waals surface area contributed by atoms with Crippen molar-refractivity contribution in [1.82, 2.24) is 0 Å². The molecule has 1 rings (SSSR count). The maximum Gasteiger partial charge on any atom is 0.233 e. The van der Waals surface area contributed by atoms with E-state index in [9.17, 15) is 8.42 Å². The third kappa shape index (κ3) is 4.61. The van der Waals surface area contributed by atoms with Crippen molar-refractivity contribution < 1.29 is 17.9 Å². The zero-order chi connectivity index (χ0) is 15.3. The Balaban J connectivity index is 3.03. The van der Waals surface area contributed by atoms with Crippen LogP contribution in [0.2, 0.25) is 5.02 Å². The lowest BCUT2D eigenvalue weighted by Gasteiger charge is -2.15. The van der Waals surface area contributed by atoms with Gasteiger partial charge in [0.2, 0.25) is 10.0 Å². The molecule has 0 aliphatic heterocycles. The van der Waals surface area contributed by atoms with Crippen molar-refractivity contribution in [2.45, 2.75) is 6.92 Å². The Hall–Kier alpha value is -0.850. The molecule has 0 aliphatic carbocycles. The average Bonchev–Trinajstić information content (AvgIpc) is 2.39. The van der Waals surface area contributed by atoms with Crippen LogP contribution < -0.4 is 14.2 Å². The van der Waals surface area contributed by atoms with Crippen molar-refractivity contribution in [2.24, 2.45) is 5.92 Å². The summed E-state index contributed by atoms with van der Waals surface area (Å²) in [5.41, 5.74) is 0.242. The van der Waals surface area contributed by atoms with Crippen molar-refractivity contribution in [3.05, 3.63) is 17.2 Å². The molecule has 0 heterocycles. The van der Waals surface area contributed by atoms with Gasteiger partial charge in [0.1, 0.15) is 0 Å². The highest BCUT2D eigenvalue weighted by Crippen LogP contribution is 2.36. The molecular weight excluding hydrogens is 325 g/mol. The molecule has 0 aliphatic rings. The second-order valence-corrected chi connectivity index (χ2v) is 6.81. The third-order valence-corrected chi connectivity index (χ3v) is 4.88. The van der Waals surface area contributed by atoms with Crippen LogP contribution >= 0.6 is 23.2 Å². The second-order valence-electron chi connectivity index (χ2n) is 4.33. The summed E-state index contributed by atoms with van der Waals surface area (Å²) in [7, 11) is -0.598. The van der Waals surface area contributed by atoms with E-state index in [0.29, 0.717) is 11.5 Å². The topological polar surface area (TPSA) is 64.6 Å². The van der Waals surface area contributed by atoms with E-state index in [0.717, 1.165) is 0 Å².